The van der Waals surface area contributed by atoms with Gasteiger partial charge in [0.2, 0.25) is 0 Å². The lowest BCUT2D eigenvalue weighted by molar-refractivity contribution is -0.145. The Balaban J connectivity index is 0. The van der Waals surface area contributed by atoms with Crippen LogP contribution in [0.5, 0.6) is 0 Å². The summed E-state index contributed by atoms with van der Waals surface area (Å²) in [6.45, 7) is 13.2. The molecule has 0 atom stereocenters. The molecule has 4 nitrogen and oxygen atoms in total. The van der Waals surface area contributed by atoms with Gasteiger partial charge in [0, 0.05) is 12.8 Å². The van der Waals surface area contributed by atoms with Crippen molar-refractivity contribution >= 4 is 11.9 Å². The van der Waals surface area contributed by atoms with Gasteiger partial charge in [0.25, 0.3) is 0 Å². The summed E-state index contributed by atoms with van der Waals surface area (Å²) in [5, 5.41) is 0. The van der Waals surface area contributed by atoms with Gasteiger partial charge in [-0.1, -0.05) is 41.5 Å². The van der Waals surface area contributed by atoms with E-state index >= 15 is 0 Å². The minimum absolute atomic E-state index is 0.0730. The molecule has 20 heavy (non-hydrogen) atoms. The Morgan fingerprint density at radius 2 is 1.05 bits per heavy atom. The molecule has 0 saturated carbocycles. The van der Waals surface area contributed by atoms with Crippen molar-refractivity contribution in [2.24, 2.45) is 11.8 Å². The highest BCUT2D eigenvalue weighted by Gasteiger charge is 2.01. The second-order valence-corrected chi connectivity index (χ2v) is 5.65. The minimum Gasteiger partial charge on any atom is -0.465 e. The number of ether oxygens (including phenoxy) is 2. The standard InChI is InChI=1S/2C8H16O2/c2*1-4-5-8(9)10-6-7(2)3/h2*7H,4-6H2,1-3H3. The van der Waals surface area contributed by atoms with E-state index in [-0.39, 0.29) is 11.9 Å². The Hall–Kier alpha value is -1.06. The summed E-state index contributed by atoms with van der Waals surface area (Å²) in [5.41, 5.74) is 0. The first-order valence-electron chi connectivity index (χ1n) is 7.64. The van der Waals surface area contributed by atoms with Gasteiger partial charge in [-0.15, -0.1) is 0 Å². The summed E-state index contributed by atoms with van der Waals surface area (Å²) in [7, 11) is 0. The highest BCUT2D eigenvalue weighted by molar-refractivity contribution is 5.69. The molecule has 0 aromatic rings. The molecule has 0 aromatic carbocycles. The molecule has 0 saturated heterocycles. The molecule has 120 valence electrons. The van der Waals surface area contributed by atoms with E-state index in [0.717, 1.165) is 12.8 Å². The van der Waals surface area contributed by atoms with Gasteiger partial charge in [-0.25, -0.2) is 0 Å². The zero-order valence-electron chi connectivity index (χ0n) is 14.0. The average molecular weight is 288 g/mol. The first kappa shape index (κ1) is 21.2. The van der Waals surface area contributed by atoms with Gasteiger partial charge in [0.15, 0.2) is 0 Å². The normalized spacial score (nSPS) is 10.0. The number of esters is 2. The van der Waals surface area contributed by atoms with Crippen LogP contribution in [0.15, 0.2) is 0 Å². The van der Waals surface area contributed by atoms with E-state index in [1.165, 1.54) is 0 Å². The summed E-state index contributed by atoms with van der Waals surface area (Å²) in [6.07, 6.45) is 2.84. The summed E-state index contributed by atoms with van der Waals surface area (Å²) in [5.74, 6) is 0.744. The van der Waals surface area contributed by atoms with E-state index in [1.54, 1.807) is 0 Å². The lowest BCUT2D eigenvalue weighted by atomic mass is 10.2. The molecule has 0 aliphatic heterocycles. The van der Waals surface area contributed by atoms with Gasteiger partial charge in [-0.2, -0.15) is 0 Å². The zero-order chi connectivity index (χ0) is 16.0. The van der Waals surface area contributed by atoms with Crippen LogP contribution >= 0.6 is 0 Å². The highest BCUT2D eigenvalue weighted by Crippen LogP contribution is 1.97. The average Bonchev–Trinajstić information content (AvgIpc) is 2.35. The maximum absolute atomic E-state index is 10.7. The molecule has 4 heteroatoms. The molecule has 0 fully saturated rings. The van der Waals surface area contributed by atoms with E-state index in [2.05, 4.69) is 0 Å². The first-order chi connectivity index (χ1) is 9.33. The van der Waals surface area contributed by atoms with Crippen molar-refractivity contribution in [3.05, 3.63) is 0 Å². The second-order valence-electron chi connectivity index (χ2n) is 5.65. The molecule has 0 rings (SSSR count). The third kappa shape index (κ3) is 19.3. The van der Waals surface area contributed by atoms with E-state index in [0.29, 0.717) is 37.9 Å². The van der Waals surface area contributed by atoms with Gasteiger partial charge >= 0.3 is 11.9 Å². The Labute approximate surface area is 124 Å². The summed E-state index contributed by atoms with van der Waals surface area (Å²) in [6, 6.07) is 0. The van der Waals surface area contributed by atoms with Gasteiger partial charge in [-0.05, 0) is 24.7 Å². The van der Waals surface area contributed by atoms with Crippen molar-refractivity contribution < 1.29 is 19.1 Å². The van der Waals surface area contributed by atoms with Gasteiger partial charge in [0.05, 0.1) is 13.2 Å². The fourth-order valence-corrected chi connectivity index (χ4v) is 1.07. The number of carbonyl (C=O) groups is 2. The van der Waals surface area contributed by atoms with Crippen LogP contribution in [0.4, 0.5) is 0 Å². The second kappa shape index (κ2) is 14.4. The SMILES string of the molecule is CCCC(=O)OCC(C)C.CCCC(=O)OCC(C)C. The van der Waals surface area contributed by atoms with Crippen LogP contribution in [-0.2, 0) is 19.1 Å². The molecular weight excluding hydrogens is 256 g/mol. The van der Waals surface area contributed by atoms with Gasteiger partial charge in [-0.3, -0.25) is 9.59 Å². The van der Waals surface area contributed by atoms with E-state index in [1.807, 2.05) is 41.5 Å². The zero-order valence-corrected chi connectivity index (χ0v) is 14.0. The van der Waals surface area contributed by atoms with Crippen molar-refractivity contribution in [3.8, 4) is 0 Å². The fraction of sp³-hybridized carbons (Fsp3) is 0.875. The predicted molar refractivity (Wildman–Crippen MR) is 81.4 cm³/mol. The maximum Gasteiger partial charge on any atom is 0.305 e. The molecule has 0 heterocycles. The smallest absolute Gasteiger partial charge is 0.305 e. The monoisotopic (exact) mass is 288 g/mol. The fourth-order valence-electron chi connectivity index (χ4n) is 1.07. The van der Waals surface area contributed by atoms with Crippen molar-refractivity contribution in [3.63, 3.8) is 0 Å². The number of rotatable bonds is 8. The van der Waals surface area contributed by atoms with Crippen LogP contribution in [-0.4, -0.2) is 25.2 Å². The summed E-state index contributed by atoms with van der Waals surface area (Å²) in [4.78, 5) is 21.5. The van der Waals surface area contributed by atoms with Gasteiger partial charge < -0.3 is 9.47 Å². The van der Waals surface area contributed by atoms with Crippen molar-refractivity contribution in [2.45, 2.75) is 67.2 Å². The van der Waals surface area contributed by atoms with E-state index < -0.39 is 0 Å². The highest BCUT2D eigenvalue weighted by atomic mass is 16.5. The van der Waals surface area contributed by atoms with Crippen molar-refractivity contribution in [2.75, 3.05) is 13.2 Å². The van der Waals surface area contributed by atoms with Crippen LogP contribution in [0.2, 0.25) is 0 Å². The summed E-state index contributed by atoms with van der Waals surface area (Å²) < 4.78 is 9.81. The van der Waals surface area contributed by atoms with Crippen molar-refractivity contribution in [1.82, 2.24) is 0 Å². The number of hydrogen-bond donors (Lipinski definition) is 0. The van der Waals surface area contributed by atoms with E-state index in [4.69, 9.17) is 9.47 Å². The molecule has 0 aromatic heterocycles. The molecule has 0 aliphatic rings. The molecule has 0 bridgehead atoms. The third-order valence-corrected chi connectivity index (χ3v) is 2.06. The Morgan fingerprint density at radius 3 is 1.25 bits per heavy atom. The molecule has 0 N–H and O–H groups in total. The van der Waals surface area contributed by atoms with Crippen LogP contribution in [0.1, 0.15) is 67.2 Å². The number of hydrogen-bond acceptors (Lipinski definition) is 4. The van der Waals surface area contributed by atoms with Crippen LogP contribution in [0.3, 0.4) is 0 Å². The van der Waals surface area contributed by atoms with E-state index in [9.17, 15) is 9.59 Å². The van der Waals surface area contributed by atoms with Crippen LogP contribution < -0.4 is 0 Å². The lowest BCUT2D eigenvalue weighted by Gasteiger charge is -2.05. The largest absolute Gasteiger partial charge is 0.465 e. The predicted octanol–water partition coefficient (Wildman–Crippen LogP) is 3.97. The molecule has 0 amide bonds. The summed E-state index contributed by atoms with van der Waals surface area (Å²) >= 11 is 0. The van der Waals surface area contributed by atoms with Crippen LogP contribution in [0.25, 0.3) is 0 Å². The van der Waals surface area contributed by atoms with Crippen LogP contribution in [0, 0.1) is 11.8 Å². The molecule has 0 aliphatic carbocycles. The molecular formula is C16H32O4. The minimum atomic E-state index is -0.0730. The van der Waals surface area contributed by atoms with Crippen molar-refractivity contribution in [1.29, 1.82) is 0 Å². The Bertz CT molecular complexity index is 221. The number of carbonyl (C=O) groups excluding carboxylic acids is 2. The topological polar surface area (TPSA) is 52.6 Å². The molecule has 0 unspecified atom stereocenters. The van der Waals surface area contributed by atoms with Gasteiger partial charge in [0.1, 0.15) is 0 Å². The lowest BCUT2D eigenvalue weighted by Crippen LogP contribution is -2.08. The first-order valence-corrected chi connectivity index (χ1v) is 7.64. The Kier molecular flexibility index (Phi) is 15.2. The maximum atomic E-state index is 10.7. The Morgan fingerprint density at radius 1 is 0.750 bits per heavy atom. The molecule has 0 spiro atoms. The third-order valence-electron chi connectivity index (χ3n) is 2.06. The quantitative estimate of drug-likeness (QED) is 0.634. The molecule has 0 radical (unpaired) electrons.